The Morgan fingerprint density at radius 2 is 1.97 bits per heavy atom. The Morgan fingerprint density at radius 3 is 2.72 bits per heavy atom. The molecule has 29 heavy (non-hydrogen) atoms. The molecule has 152 valence electrons. The first-order chi connectivity index (χ1) is 14.3. The first-order valence-electron chi connectivity index (χ1n) is 10.8. The number of amides is 1. The summed E-state index contributed by atoms with van der Waals surface area (Å²) in [4.78, 5) is 20.1. The number of hydrogen-bond acceptors (Lipinski definition) is 4. The molecule has 1 saturated heterocycles. The smallest absolute Gasteiger partial charge is 0.240 e. The molecule has 2 fully saturated rings. The van der Waals surface area contributed by atoms with Crippen LogP contribution in [0.1, 0.15) is 55.6 Å². The average Bonchev–Trinajstić information content (AvgIpc) is 3.33. The summed E-state index contributed by atoms with van der Waals surface area (Å²) in [6.45, 7) is 2.99. The van der Waals surface area contributed by atoms with E-state index in [0.717, 1.165) is 35.7 Å². The molecule has 2 aliphatic rings. The average molecular weight is 393 g/mol. The van der Waals surface area contributed by atoms with Gasteiger partial charge in [-0.2, -0.15) is 0 Å². The number of carbonyl (C=O) groups is 1. The van der Waals surface area contributed by atoms with E-state index in [1.54, 1.807) is 6.26 Å². The monoisotopic (exact) mass is 392 g/mol. The fraction of sp³-hybridized carbons (Fsp3) is 0.478. The van der Waals surface area contributed by atoms with Crippen LogP contribution in [0.4, 0.5) is 0 Å². The summed E-state index contributed by atoms with van der Waals surface area (Å²) < 4.78 is 7.80. The molecule has 1 aliphatic heterocycles. The van der Waals surface area contributed by atoms with Crippen LogP contribution in [0.5, 0.6) is 0 Å². The number of piperidine rings is 1. The van der Waals surface area contributed by atoms with E-state index in [1.807, 2.05) is 30.3 Å². The van der Waals surface area contributed by atoms with Gasteiger partial charge >= 0.3 is 0 Å². The fourth-order valence-corrected chi connectivity index (χ4v) is 4.44. The molecule has 5 rings (SSSR count). The molecular formula is C23H28N4O2. The van der Waals surface area contributed by atoms with Gasteiger partial charge in [0.05, 0.1) is 23.3 Å². The van der Waals surface area contributed by atoms with Gasteiger partial charge in [-0.25, -0.2) is 4.98 Å². The van der Waals surface area contributed by atoms with Crippen LogP contribution in [-0.4, -0.2) is 40.0 Å². The van der Waals surface area contributed by atoms with E-state index in [2.05, 4.69) is 20.9 Å². The highest BCUT2D eigenvalue weighted by Crippen LogP contribution is 2.40. The van der Waals surface area contributed by atoms with Gasteiger partial charge in [-0.1, -0.05) is 18.6 Å². The maximum absolute atomic E-state index is 12.9. The van der Waals surface area contributed by atoms with Crippen LogP contribution in [0.25, 0.3) is 11.0 Å². The number of hydrogen-bond donors (Lipinski definition) is 1. The van der Waals surface area contributed by atoms with Crippen LogP contribution in [0.3, 0.4) is 0 Å². The molecule has 1 aromatic carbocycles. The van der Waals surface area contributed by atoms with E-state index < -0.39 is 0 Å². The van der Waals surface area contributed by atoms with Gasteiger partial charge in [0.25, 0.3) is 0 Å². The third kappa shape index (κ3) is 3.94. The Kier molecular flexibility index (Phi) is 5.10. The van der Waals surface area contributed by atoms with Crippen molar-refractivity contribution in [3.63, 3.8) is 0 Å². The van der Waals surface area contributed by atoms with Crippen LogP contribution in [0.2, 0.25) is 0 Å². The number of fused-ring (bicyclic) bond motifs is 1. The molecule has 1 N–H and O–H groups in total. The maximum Gasteiger partial charge on any atom is 0.240 e. The number of rotatable bonds is 7. The molecule has 0 spiro atoms. The van der Waals surface area contributed by atoms with E-state index in [0.29, 0.717) is 19.0 Å². The summed E-state index contributed by atoms with van der Waals surface area (Å²) in [5.41, 5.74) is 2.02. The molecule has 6 nitrogen and oxygen atoms in total. The Bertz CT molecular complexity index is 968. The molecule has 3 heterocycles. The van der Waals surface area contributed by atoms with Gasteiger partial charge in [0, 0.05) is 12.5 Å². The van der Waals surface area contributed by atoms with Crippen molar-refractivity contribution in [1.29, 1.82) is 0 Å². The molecule has 1 atom stereocenters. The largest absolute Gasteiger partial charge is 0.468 e. The standard InChI is InChI=1S/C23H28N4O2/c28-22(16-27-19-8-3-2-7-18(19)25-23(27)17-10-11-17)24-15-20(21-9-6-14-29-21)26-12-4-1-5-13-26/h2-3,6-9,14,17,20H,1,4-5,10-13,15-16H2,(H,24,28)/t20-/m1/s1. The second-order valence-corrected chi connectivity index (χ2v) is 8.25. The van der Waals surface area contributed by atoms with Crippen molar-refractivity contribution in [2.24, 2.45) is 0 Å². The zero-order valence-corrected chi connectivity index (χ0v) is 16.7. The van der Waals surface area contributed by atoms with E-state index in [4.69, 9.17) is 9.40 Å². The number of nitrogens with zero attached hydrogens (tertiary/aromatic N) is 3. The second kappa shape index (κ2) is 8.03. The summed E-state index contributed by atoms with van der Waals surface area (Å²) in [5.74, 6) is 2.52. The zero-order chi connectivity index (χ0) is 19.6. The lowest BCUT2D eigenvalue weighted by molar-refractivity contribution is -0.122. The highest BCUT2D eigenvalue weighted by molar-refractivity contribution is 5.81. The second-order valence-electron chi connectivity index (χ2n) is 8.25. The van der Waals surface area contributed by atoms with Crippen LogP contribution in [-0.2, 0) is 11.3 Å². The minimum atomic E-state index is 0.0311. The summed E-state index contributed by atoms with van der Waals surface area (Å²) in [6, 6.07) is 12.1. The van der Waals surface area contributed by atoms with Gasteiger partial charge in [0.1, 0.15) is 18.1 Å². The minimum Gasteiger partial charge on any atom is -0.468 e. The summed E-state index contributed by atoms with van der Waals surface area (Å²) in [6.07, 6.45) is 7.74. The van der Waals surface area contributed by atoms with Crippen LogP contribution in [0, 0.1) is 0 Å². The number of likely N-dealkylation sites (tertiary alicyclic amines) is 1. The van der Waals surface area contributed by atoms with Crippen molar-refractivity contribution in [2.45, 2.75) is 50.6 Å². The van der Waals surface area contributed by atoms with Crippen LogP contribution >= 0.6 is 0 Å². The molecule has 2 aromatic heterocycles. The SMILES string of the molecule is O=C(Cn1c(C2CC2)nc2ccccc21)NC[C@H](c1ccco1)N1CCCCC1. The van der Waals surface area contributed by atoms with Gasteiger partial charge in [0.15, 0.2) is 0 Å². The summed E-state index contributed by atoms with van der Waals surface area (Å²) >= 11 is 0. The van der Waals surface area contributed by atoms with Crippen molar-refractivity contribution in [3.05, 3.63) is 54.2 Å². The Labute approximate surface area is 170 Å². The van der Waals surface area contributed by atoms with Crippen molar-refractivity contribution in [2.75, 3.05) is 19.6 Å². The highest BCUT2D eigenvalue weighted by Gasteiger charge is 2.30. The maximum atomic E-state index is 12.9. The fourth-order valence-electron chi connectivity index (χ4n) is 4.44. The van der Waals surface area contributed by atoms with Gasteiger partial charge in [-0.05, 0) is 63.0 Å². The summed E-state index contributed by atoms with van der Waals surface area (Å²) in [5, 5.41) is 3.17. The Morgan fingerprint density at radius 1 is 1.14 bits per heavy atom. The topological polar surface area (TPSA) is 63.3 Å². The van der Waals surface area contributed by atoms with Crippen molar-refractivity contribution < 1.29 is 9.21 Å². The number of aromatic nitrogens is 2. The third-order valence-corrected chi connectivity index (χ3v) is 6.12. The lowest BCUT2D eigenvalue weighted by Crippen LogP contribution is -2.41. The van der Waals surface area contributed by atoms with Crippen LogP contribution < -0.4 is 5.32 Å². The van der Waals surface area contributed by atoms with Gasteiger partial charge in [-0.15, -0.1) is 0 Å². The van der Waals surface area contributed by atoms with E-state index in [1.165, 1.54) is 32.1 Å². The van der Waals surface area contributed by atoms with Crippen molar-refractivity contribution in [1.82, 2.24) is 19.8 Å². The summed E-state index contributed by atoms with van der Waals surface area (Å²) in [7, 11) is 0. The molecule has 1 aliphatic carbocycles. The molecule has 0 bridgehead atoms. The molecule has 0 unspecified atom stereocenters. The Balaban J connectivity index is 1.30. The first-order valence-corrected chi connectivity index (χ1v) is 10.8. The quantitative estimate of drug-likeness (QED) is 0.663. The van der Waals surface area contributed by atoms with Crippen molar-refractivity contribution in [3.8, 4) is 0 Å². The van der Waals surface area contributed by atoms with Gasteiger partial charge in [-0.3, -0.25) is 9.69 Å². The number of para-hydroxylation sites is 2. The number of benzene rings is 1. The first kappa shape index (κ1) is 18.4. The van der Waals surface area contributed by atoms with Crippen molar-refractivity contribution >= 4 is 16.9 Å². The Hall–Kier alpha value is -2.60. The van der Waals surface area contributed by atoms with Crippen LogP contribution in [0.15, 0.2) is 47.1 Å². The number of imidazole rings is 1. The minimum absolute atomic E-state index is 0.0311. The predicted octanol–water partition coefficient (Wildman–Crippen LogP) is 3.85. The predicted molar refractivity (Wildman–Crippen MR) is 112 cm³/mol. The molecule has 0 radical (unpaired) electrons. The van der Waals surface area contributed by atoms with Gasteiger partial charge < -0.3 is 14.3 Å². The molecule has 1 saturated carbocycles. The molecule has 3 aromatic rings. The molecule has 6 heteroatoms. The number of nitrogens with one attached hydrogen (secondary N) is 1. The lowest BCUT2D eigenvalue weighted by atomic mass is 10.1. The zero-order valence-electron chi connectivity index (χ0n) is 16.7. The lowest BCUT2D eigenvalue weighted by Gasteiger charge is -2.33. The third-order valence-electron chi connectivity index (χ3n) is 6.12. The molecular weight excluding hydrogens is 364 g/mol. The number of furan rings is 1. The normalized spacial score (nSPS) is 18.8. The molecule has 1 amide bonds. The van der Waals surface area contributed by atoms with Gasteiger partial charge in [0.2, 0.25) is 5.91 Å². The van der Waals surface area contributed by atoms with E-state index in [9.17, 15) is 4.79 Å². The van der Waals surface area contributed by atoms with E-state index >= 15 is 0 Å². The van der Waals surface area contributed by atoms with E-state index in [-0.39, 0.29) is 11.9 Å². The number of carbonyl (C=O) groups excluding carboxylic acids is 1. The highest BCUT2D eigenvalue weighted by atomic mass is 16.3.